The van der Waals surface area contributed by atoms with Crippen molar-refractivity contribution in [3.05, 3.63) is 31.9 Å². The highest BCUT2D eigenvalue weighted by Crippen LogP contribution is 2.34. The Hall–Kier alpha value is 0.0900. The summed E-state index contributed by atoms with van der Waals surface area (Å²) in [5, 5.41) is 3.35. The first-order valence-corrected chi connectivity index (χ1v) is 7.63. The molecule has 18 heavy (non-hydrogen) atoms. The van der Waals surface area contributed by atoms with E-state index in [0.717, 1.165) is 25.8 Å². The van der Waals surface area contributed by atoms with Crippen molar-refractivity contribution < 1.29 is 4.74 Å². The fourth-order valence-electron chi connectivity index (χ4n) is 1.39. The predicted molar refractivity (Wildman–Crippen MR) is 82.5 cm³/mol. The molecule has 0 radical (unpaired) electrons. The molecule has 0 saturated carbocycles. The summed E-state index contributed by atoms with van der Waals surface area (Å²) in [6.07, 6.45) is 0. The Balaban J connectivity index is 2.36. The van der Waals surface area contributed by atoms with Crippen LogP contribution in [0, 0.1) is 0 Å². The van der Waals surface area contributed by atoms with Gasteiger partial charge in [-0.1, -0.05) is 23.8 Å². The minimum absolute atomic E-state index is 0.118. The van der Waals surface area contributed by atoms with E-state index in [0.29, 0.717) is 19.8 Å². The minimum atomic E-state index is 0.118. The van der Waals surface area contributed by atoms with E-state index in [1.165, 1.54) is 11.3 Å². The molecular weight excluding hydrogens is 336 g/mol. The van der Waals surface area contributed by atoms with Gasteiger partial charge in [-0.25, -0.2) is 0 Å². The lowest BCUT2D eigenvalue weighted by molar-refractivity contribution is 0.155. The van der Waals surface area contributed by atoms with Gasteiger partial charge in [0.1, 0.15) is 4.34 Å². The van der Waals surface area contributed by atoms with Gasteiger partial charge in [-0.05, 0) is 28.9 Å². The molecule has 102 valence electrons. The van der Waals surface area contributed by atoms with Crippen LogP contribution < -0.4 is 11.1 Å². The zero-order valence-corrected chi connectivity index (χ0v) is 13.5. The van der Waals surface area contributed by atoms with Crippen LogP contribution in [0.15, 0.2) is 22.7 Å². The van der Waals surface area contributed by atoms with Crippen LogP contribution in [0.2, 0.25) is 4.34 Å². The maximum absolute atomic E-state index is 6.02. The van der Waals surface area contributed by atoms with Crippen LogP contribution in [0.3, 0.4) is 0 Å². The van der Waals surface area contributed by atoms with Gasteiger partial charge in [-0.15, -0.1) is 11.3 Å². The molecule has 0 fully saturated rings. The van der Waals surface area contributed by atoms with Crippen LogP contribution in [0.1, 0.15) is 17.8 Å². The zero-order valence-electron chi connectivity index (χ0n) is 10.3. The smallest absolute Gasteiger partial charge is 0.107 e. The molecule has 1 aromatic heterocycles. The number of hydrogen-bond donors (Lipinski definition) is 2. The van der Waals surface area contributed by atoms with Gasteiger partial charge < -0.3 is 15.8 Å². The van der Waals surface area contributed by atoms with Crippen molar-refractivity contribution in [1.29, 1.82) is 0 Å². The van der Waals surface area contributed by atoms with Crippen LogP contribution in [-0.4, -0.2) is 26.3 Å². The molecule has 0 aliphatic rings. The van der Waals surface area contributed by atoms with Gasteiger partial charge in [0.15, 0.2) is 0 Å². The van der Waals surface area contributed by atoms with E-state index in [1.54, 1.807) is 0 Å². The van der Waals surface area contributed by atoms with Crippen molar-refractivity contribution in [1.82, 2.24) is 5.32 Å². The lowest BCUT2D eigenvalue weighted by Crippen LogP contribution is -2.30. The zero-order chi connectivity index (χ0) is 13.5. The SMILES string of the molecule is C=C(C)COCCNC(CN)c1cc(Br)c(Cl)s1. The number of ether oxygens (including phenoxy) is 1. The molecule has 0 spiro atoms. The molecule has 0 saturated heterocycles. The van der Waals surface area contributed by atoms with E-state index in [9.17, 15) is 0 Å². The Morgan fingerprint density at radius 2 is 2.44 bits per heavy atom. The Morgan fingerprint density at radius 1 is 1.72 bits per heavy atom. The first-order chi connectivity index (χ1) is 8.54. The standard InChI is InChI=1S/C12H18BrClN2OS/c1-8(2)7-17-4-3-16-10(6-15)11-5-9(13)12(14)18-11/h5,10,16H,1,3-4,6-7,15H2,2H3. The number of thiophene rings is 1. The molecule has 3 nitrogen and oxygen atoms in total. The van der Waals surface area contributed by atoms with Crippen molar-refractivity contribution in [3.63, 3.8) is 0 Å². The number of halogens is 2. The molecule has 1 heterocycles. The molecule has 0 aliphatic carbocycles. The molecule has 1 aromatic rings. The summed E-state index contributed by atoms with van der Waals surface area (Å²) in [4.78, 5) is 1.13. The van der Waals surface area contributed by atoms with Crippen molar-refractivity contribution in [2.24, 2.45) is 5.73 Å². The third kappa shape index (κ3) is 5.38. The molecule has 0 bridgehead atoms. The highest BCUT2D eigenvalue weighted by atomic mass is 79.9. The Bertz CT molecular complexity index is 378. The molecule has 0 aromatic carbocycles. The number of rotatable bonds is 8. The Kier molecular flexibility index (Phi) is 7.44. The second-order valence-corrected chi connectivity index (χ2v) is 6.56. The lowest BCUT2D eigenvalue weighted by atomic mass is 10.2. The monoisotopic (exact) mass is 352 g/mol. The second-order valence-electron chi connectivity index (χ2n) is 4.02. The maximum Gasteiger partial charge on any atom is 0.107 e. The molecule has 3 N–H and O–H groups in total. The fraction of sp³-hybridized carbons (Fsp3) is 0.500. The summed E-state index contributed by atoms with van der Waals surface area (Å²) in [5.41, 5.74) is 6.79. The molecule has 1 rings (SSSR count). The number of hydrogen-bond acceptors (Lipinski definition) is 4. The predicted octanol–water partition coefficient (Wildman–Crippen LogP) is 3.35. The van der Waals surface area contributed by atoms with Gasteiger partial charge in [-0.2, -0.15) is 0 Å². The van der Waals surface area contributed by atoms with E-state index in [4.69, 9.17) is 22.1 Å². The normalized spacial score (nSPS) is 12.7. The summed E-state index contributed by atoms with van der Waals surface area (Å²) in [7, 11) is 0. The lowest BCUT2D eigenvalue weighted by Gasteiger charge is -2.15. The van der Waals surface area contributed by atoms with Crippen LogP contribution in [0.4, 0.5) is 0 Å². The van der Waals surface area contributed by atoms with Gasteiger partial charge >= 0.3 is 0 Å². The fourth-order valence-corrected chi connectivity index (χ4v) is 3.21. The average Bonchev–Trinajstić information content (AvgIpc) is 2.63. The van der Waals surface area contributed by atoms with Crippen LogP contribution >= 0.6 is 38.9 Å². The van der Waals surface area contributed by atoms with E-state index >= 15 is 0 Å². The van der Waals surface area contributed by atoms with Gasteiger partial charge in [0, 0.05) is 22.4 Å². The summed E-state index contributed by atoms with van der Waals surface area (Å²) >= 11 is 11.0. The third-order valence-electron chi connectivity index (χ3n) is 2.23. The Labute approximate surface area is 125 Å². The molecule has 1 unspecified atom stereocenters. The Morgan fingerprint density at radius 3 is 2.94 bits per heavy atom. The van der Waals surface area contributed by atoms with Crippen molar-refractivity contribution in [2.75, 3.05) is 26.3 Å². The van der Waals surface area contributed by atoms with Crippen LogP contribution in [-0.2, 0) is 4.74 Å². The maximum atomic E-state index is 6.02. The van der Waals surface area contributed by atoms with Gasteiger partial charge in [0.2, 0.25) is 0 Å². The molecule has 1 atom stereocenters. The number of nitrogens with one attached hydrogen (secondary N) is 1. The summed E-state index contributed by atoms with van der Waals surface area (Å²) in [6, 6.07) is 2.12. The van der Waals surface area contributed by atoms with Crippen LogP contribution in [0.5, 0.6) is 0 Å². The quantitative estimate of drug-likeness (QED) is 0.556. The summed E-state index contributed by atoms with van der Waals surface area (Å²) < 4.78 is 7.09. The van der Waals surface area contributed by atoms with E-state index < -0.39 is 0 Å². The summed E-state index contributed by atoms with van der Waals surface area (Å²) in [6.45, 7) is 8.26. The van der Waals surface area contributed by atoms with E-state index in [1.807, 2.05) is 13.0 Å². The van der Waals surface area contributed by atoms with Crippen molar-refractivity contribution in [3.8, 4) is 0 Å². The van der Waals surface area contributed by atoms with Gasteiger partial charge in [0.05, 0.1) is 19.3 Å². The molecule has 0 amide bonds. The minimum Gasteiger partial charge on any atom is -0.376 e. The highest BCUT2D eigenvalue weighted by molar-refractivity contribution is 9.10. The van der Waals surface area contributed by atoms with E-state index in [2.05, 4.69) is 27.8 Å². The number of nitrogens with two attached hydrogens (primary N) is 1. The average molecular weight is 354 g/mol. The topological polar surface area (TPSA) is 47.3 Å². The molecule has 0 aliphatic heterocycles. The summed E-state index contributed by atoms with van der Waals surface area (Å²) in [5.74, 6) is 0. The van der Waals surface area contributed by atoms with Crippen molar-refractivity contribution >= 4 is 38.9 Å². The third-order valence-corrected chi connectivity index (χ3v) is 4.82. The van der Waals surface area contributed by atoms with Crippen LogP contribution in [0.25, 0.3) is 0 Å². The molecular formula is C12H18BrClN2OS. The first-order valence-electron chi connectivity index (χ1n) is 5.65. The van der Waals surface area contributed by atoms with Gasteiger partial charge in [-0.3, -0.25) is 0 Å². The van der Waals surface area contributed by atoms with Crippen molar-refractivity contribution in [2.45, 2.75) is 13.0 Å². The second kappa shape index (κ2) is 8.30. The van der Waals surface area contributed by atoms with Gasteiger partial charge in [0.25, 0.3) is 0 Å². The highest BCUT2D eigenvalue weighted by Gasteiger charge is 2.13. The molecule has 6 heteroatoms. The first kappa shape index (κ1) is 16.1. The van der Waals surface area contributed by atoms with E-state index in [-0.39, 0.29) is 6.04 Å². The largest absolute Gasteiger partial charge is 0.376 e.